The average molecular weight is 443 g/mol. The van der Waals surface area contributed by atoms with Crippen LogP contribution in [0.3, 0.4) is 0 Å². The molecule has 5 nitrogen and oxygen atoms in total. The van der Waals surface area contributed by atoms with Crippen molar-refractivity contribution in [3.63, 3.8) is 0 Å². The van der Waals surface area contributed by atoms with Gasteiger partial charge in [-0.25, -0.2) is 9.97 Å². The molecular formula is C19H18IN5. The van der Waals surface area contributed by atoms with Gasteiger partial charge in [0.15, 0.2) is 0 Å². The monoisotopic (exact) mass is 443 g/mol. The first-order valence-electron chi connectivity index (χ1n) is 8.19. The standard InChI is InChI=1S/C19H18IN5/c1-13(2)25-18-8-16(20)3-4-17(18)23-19(25)15-7-14(9-22-10-15)11-24-6-5-21-12-24/h3-10,12-13H,11H2,1-2H3. The molecule has 0 aliphatic carbocycles. The molecule has 0 aliphatic heterocycles. The summed E-state index contributed by atoms with van der Waals surface area (Å²) in [5.74, 6) is 0.965. The number of rotatable bonds is 4. The van der Waals surface area contributed by atoms with Crippen LogP contribution in [0.4, 0.5) is 0 Å². The zero-order valence-corrected chi connectivity index (χ0v) is 16.3. The number of nitrogens with zero attached hydrogens (tertiary/aromatic N) is 5. The Bertz CT molecular complexity index is 1020. The van der Waals surface area contributed by atoms with Gasteiger partial charge in [-0.2, -0.15) is 0 Å². The van der Waals surface area contributed by atoms with E-state index in [1.807, 2.05) is 29.5 Å². The summed E-state index contributed by atoms with van der Waals surface area (Å²) >= 11 is 2.35. The van der Waals surface area contributed by atoms with Crippen LogP contribution in [0.5, 0.6) is 0 Å². The highest BCUT2D eigenvalue weighted by Gasteiger charge is 2.16. The zero-order chi connectivity index (χ0) is 17.4. The van der Waals surface area contributed by atoms with Gasteiger partial charge in [0.25, 0.3) is 0 Å². The third kappa shape index (κ3) is 3.18. The van der Waals surface area contributed by atoms with Crippen LogP contribution in [0.2, 0.25) is 0 Å². The molecule has 4 rings (SSSR count). The zero-order valence-electron chi connectivity index (χ0n) is 14.1. The second-order valence-electron chi connectivity index (χ2n) is 6.35. The van der Waals surface area contributed by atoms with Crippen LogP contribution in [0, 0.1) is 3.57 Å². The van der Waals surface area contributed by atoms with E-state index in [9.17, 15) is 0 Å². The van der Waals surface area contributed by atoms with Crippen molar-refractivity contribution in [1.29, 1.82) is 0 Å². The van der Waals surface area contributed by atoms with Gasteiger partial charge >= 0.3 is 0 Å². The fourth-order valence-corrected chi connectivity index (χ4v) is 3.55. The number of hydrogen-bond acceptors (Lipinski definition) is 3. The Balaban J connectivity index is 1.82. The highest BCUT2D eigenvalue weighted by Crippen LogP contribution is 2.29. The van der Waals surface area contributed by atoms with Crippen molar-refractivity contribution >= 4 is 33.6 Å². The fourth-order valence-electron chi connectivity index (χ4n) is 3.08. The predicted octanol–water partition coefficient (Wildman–Crippen LogP) is 4.53. The topological polar surface area (TPSA) is 48.5 Å². The summed E-state index contributed by atoms with van der Waals surface area (Å²) in [5.41, 5.74) is 4.35. The minimum Gasteiger partial charge on any atom is -0.333 e. The van der Waals surface area contributed by atoms with E-state index >= 15 is 0 Å². The van der Waals surface area contributed by atoms with Crippen LogP contribution < -0.4 is 0 Å². The van der Waals surface area contributed by atoms with Gasteiger partial charge in [-0.15, -0.1) is 0 Å². The summed E-state index contributed by atoms with van der Waals surface area (Å²) in [6.07, 6.45) is 9.35. The van der Waals surface area contributed by atoms with Gasteiger partial charge in [0.1, 0.15) is 5.82 Å². The molecule has 6 heteroatoms. The van der Waals surface area contributed by atoms with Gasteiger partial charge in [-0.3, -0.25) is 4.98 Å². The molecule has 4 aromatic rings. The van der Waals surface area contributed by atoms with Gasteiger partial charge in [-0.1, -0.05) is 0 Å². The molecule has 126 valence electrons. The quantitative estimate of drug-likeness (QED) is 0.436. The van der Waals surface area contributed by atoms with E-state index < -0.39 is 0 Å². The number of aromatic nitrogens is 5. The smallest absolute Gasteiger partial charge is 0.142 e. The van der Waals surface area contributed by atoms with E-state index in [-0.39, 0.29) is 0 Å². The minimum atomic E-state index is 0.315. The first kappa shape index (κ1) is 16.3. The molecule has 0 N–H and O–H groups in total. The summed E-state index contributed by atoms with van der Waals surface area (Å²) in [6.45, 7) is 5.13. The van der Waals surface area contributed by atoms with Gasteiger partial charge < -0.3 is 9.13 Å². The third-order valence-electron chi connectivity index (χ3n) is 4.15. The second-order valence-corrected chi connectivity index (χ2v) is 7.59. The summed E-state index contributed by atoms with van der Waals surface area (Å²) in [6, 6.07) is 8.85. The largest absolute Gasteiger partial charge is 0.333 e. The van der Waals surface area contributed by atoms with Crippen LogP contribution in [-0.4, -0.2) is 24.1 Å². The van der Waals surface area contributed by atoms with Crippen molar-refractivity contribution < 1.29 is 0 Å². The number of pyridine rings is 1. The van der Waals surface area contributed by atoms with E-state index in [1.165, 1.54) is 3.57 Å². The average Bonchev–Trinajstić information content (AvgIpc) is 3.22. The highest BCUT2D eigenvalue weighted by molar-refractivity contribution is 14.1. The van der Waals surface area contributed by atoms with Gasteiger partial charge in [0, 0.05) is 40.0 Å². The first-order chi connectivity index (χ1) is 12.1. The Kier molecular flexibility index (Phi) is 4.29. The lowest BCUT2D eigenvalue weighted by Gasteiger charge is -2.13. The van der Waals surface area contributed by atoms with Crippen LogP contribution >= 0.6 is 22.6 Å². The van der Waals surface area contributed by atoms with Gasteiger partial charge in [0.2, 0.25) is 0 Å². The Hall–Kier alpha value is -2.22. The number of imidazole rings is 2. The lowest BCUT2D eigenvalue weighted by Crippen LogP contribution is -2.04. The van der Waals surface area contributed by atoms with E-state index in [2.05, 4.69) is 75.2 Å². The van der Waals surface area contributed by atoms with Crippen molar-refractivity contribution in [2.75, 3.05) is 0 Å². The second kappa shape index (κ2) is 6.59. The van der Waals surface area contributed by atoms with Crippen LogP contribution in [0.15, 0.2) is 55.4 Å². The van der Waals surface area contributed by atoms with E-state index in [0.717, 1.165) is 34.5 Å². The third-order valence-corrected chi connectivity index (χ3v) is 4.82. The van der Waals surface area contributed by atoms with Crippen molar-refractivity contribution in [3.8, 4) is 11.4 Å². The van der Waals surface area contributed by atoms with Crippen LogP contribution in [-0.2, 0) is 6.54 Å². The molecule has 0 aliphatic rings. The lowest BCUT2D eigenvalue weighted by atomic mass is 10.2. The lowest BCUT2D eigenvalue weighted by molar-refractivity contribution is 0.624. The SMILES string of the molecule is CC(C)n1c(-c2cncc(Cn3ccnc3)c2)nc2ccc(I)cc21. The Morgan fingerprint density at radius 3 is 2.76 bits per heavy atom. The molecule has 3 heterocycles. The predicted molar refractivity (Wildman–Crippen MR) is 107 cm³/mol. The number of hydrogen-bond donors (Lipinski definition) is 0. The van der Waals surface area contributed by atoms with Crippen molar-refractivity contribution in [2.45, 2.75) is 26.4 Å². The van der Waals surface area contributed by atoms with Crippen molar-refractivity contribution in [1.82, 2.24) is 24.1 Å². The van der Waals surface area contributed by atoms with E-state index in [0.29, 0.717) is 6.04 Å². The fraction of sp³-hybridized carbons (Fsp3) is 0.211. The van der Waals surface area contributed by atoms with Gasteiger partial charge in [-0.05, 0) is 66.3 Å². The van der Waals surface area contributed by atoms with E-state index in [1.54, 1.807) is 6.20 Å². The molecule has 25 heavy (non-hydrogen) atoms. The summed E-state index contributed by atoms with van der Waals surface area (Å²) in [7, 11) is 0. The maximum Gasteiger partial charge on any atom is 0.142 e. The normalized spacial score (nSPS) is 11.5. The molecular weight excluding hydrogens is 425 g/mol. The first-order valence-corrected chi connectivity index (χ1v) is 9.27. The summed E-state index contributed by atoms with van der Waals surface area (Å²) in [4.78, 5) is 13.4. The molecule has 0 spiro atoms. The van der Waals surface area contributed by atoms with Crippen LogP contribution in [0.25, 0.3) is 22.4 Å². The molecule has 0 radical (unpaired) electrons. The Morgan fingerprint density at radius 2 is 2.00 bits per heavy atom. The van der Waals surface area contributed by atoms with Crippen molar-refractivity contribution in [3.05, 3.63) is 64.5 Å². The minimum absolute atomic E-state index is 0.315. The van der Waals surface area contributed by atoms with Gasteiger partial charge in [0.05, 0.1) is 23.9 Å². The molecule has 3 aromatic heterocycles. The summed E-state index contributed by atoms with van der Waals surface area (Å²) < 4.78 is 5.54. The Labute approximate surface area is 159 Å². The molecule has 0 fully saturated rings. The maximum atomic E-state index is 4.88. The summed E-state index contributed by atoms with van der Waals surface area (Å²) in [5, 5.41) is 0. The van der Waals surface area contributed by atoms with E-state index in [4.69, 9.17) is 4.98 Å². The number of fused-ring (bicyclic) bond motifs is 1. The van der Waals surface area contributed by atoms with Crippen LogP contribution in [0.1, 0.15) is 25.5 Å². The Morgan fingerprint density at radius 1 is 1.12 bits per heavy atom. The molecule has 0 saturated carbocycles. The molecule has 0 amide bonds. The molecule has 0 unspecified atom stereocenters. The molecule has 1 aromatic carbocycles. The molecule has 0 saturated heterocycles. The van der Waals surface area contributed by atoms with Crippen molar-refractivity contribution in [2.24, 2.45) is 0 Å². The molecule has 0 bridgehead atoms. The number of halogens is 1. The highest BCUT2D eigenvalue weighted by atomic mass is 127. The maximum absolute atomic E-state index is 4.88. The molecule has 0 atom stereocenters. The number of benzene rings is 1.